The van der Waals surface area contributed by atoms with E-state index >= 15 is 0 Å². The van der Waals surface area contributed by atoms with Crippen molar-refractivity contribution in [2.75, 3.05) is 6.26 Å². The van der Waals surface area contributed by atoms with Crippen molar-refractivity contribution in [1.82, 2.24) is 0 Å². The van der Waals surface area contributed by atoms with Gasteiger partial charge < -0.3 is 0 Å². The molecule has 2 nitrogen and oxygen atoms in total. The smallest absolute Gasteiger partial charge is 0.124 e. The highest BCUT2D eigenvalue weighted by Gasteiger charge is 2.19. The first-order chi connectivity index (χ1) is 5.59. The van der Waals surface area contributed by atoms with Crippen LogP contribution in [0.25, 0.3) is 0 Å². The molecule has 5 heteroatoms. The van der Waals surface area contributed by atoms with Crippen LogP contribution in [0.3, 0.4) is 0 Å². The molecule has 2 rings (SSSR count). The molecule has 0 fully saturated rings. The summed E-state index contributed by atoms with van der Waals surface area (Å²) in [6.45, 7) is 0. The molecule has 12 heavy (non-hydrogen) atoms. The highest BCUT2D eigenvalue weighted by molar-refractivity contribution is 8.09. The number of hydrogen-bond donors (Lipinski definition) is 0. The van der Waals surface area contributed by atoms with Gasteiger partial charge in [-0.15, -0.1) is 0 Å². The predicted molar refractivity (Wildman–Crippen MR) is 47.0 cm³/mol. The highest BCUT2D eigenvalue weighted by Crippen LogP contribution is 2.36. The van der Waals surface area contributed by atoms with E-state index in [4.69, 9.17) is 0 Å². The van der Waals surface area contributed by atoms with Gasteiger partial charge in [-0.2, -0.15) is 3.77 Å². The topological polar surface area (TPSA) is 29.4 Å². The highest BCUT2D eigenvalue weighted by atomic mass is 32.2. The van der Waals surface area contributed by atoms with Crippen LogP contribution in [0, 0.1) is 5.82 Å². The zero-order valence-electron chi connectivity index (χ0n) is 6.28. The van der Waals surface area contributed by atoms with E-state index in [2.05, 4.69) is 3.77 Å². The minimum atomic E-state index is -2.25. The minimum Gasteiger partial charge on any atom is -0.244 e. The van der Waals surface area contributed by atoms with E-state index in [0.717, 1.165) is 11.9 Å². The Bertz CT molecular complexity index is 449. The zero-order valence-corrected chi connectivity index (χ0v) is 7.91. The molecule has 64 valence electrons. The first-order valence-electron chi connectivity index (χ1n) is 3.28. The summed E-state index contributed by atoms with van der Waals surface area (Å²) >= 11 is 1.10. The maximum Gasteiger partial charge on any atom is 0.124 e. The summed E-state index contributed by atoms with van der Waals surface area (Å²) in [5.74, 6) is -0.312. The standard InChI is InChI=1S/C7H6FNOS2/c1-12(10)7-3-2-5(8)4-6(7)11-9-12/h2-4H,1H3. The van der Waals surface area contributed by atoms with Gasteiger partial charge in [-0.1, -0.05) is 0 Å². The molecule has 1 aliphatic heterocycles. The molecule has 1 atom stereocenters. The summed E-state index contributed by atoms with van der Waals surface area (Å²) in [5.41, 5.74) is 0. The van der Waals surface area contributed by atoms with Gasteiger partial charge in [0.1, 0.15) is 5.82 Å². The van der Waals surface area contributed by atoms with E-state index in [1.165, 1.54) is 18.2 Å². The molecule has 0 aromatic heterocycles. The lowest BCUT2D eigenvalue weighted by Gasteiger charge is -1.97. The molecule has 0 spiro atoms. The molecule has 1 aliphatic rings. The lowest BCUT2D eigenvalue weighted by Crippen LogP contribution is -1.93. The van der Waals surface area contributed by atoms with Crippen molar-refractivity contribution in [2.45, 2.75) is 9.79 Å². The molecular formula is C7H6FNOS2. The number of fused-ring (bicyclic) bond motifs is 1. The van der Waals surface area contributed by atoms with Gasteiger partial charge in [0, 0.05) is 18.2 Å². The van der Waals surface area contributed by atoms with Crippen molar-refractivity contribution in [1.29, 1.82) is 0 Å². The summed E-state index contributed by atoms with van der Waals surface area (Å²) in [7, 11) is -2.25. The van der Waals surface area contributed by atoms with Gasteiger partial charge in [0.05, 0.1) is 19.5 Å². The largest absolute Gasteiger partial charge is 0.244 e. The van der Waals surface area contributed by atoms with E-state index in [9.17, 15) is 8.60 Å². The summed E-state index contributed by atoms with van der Waals surface area (Å²) < 4.78 is 28.1. The fourth-order valence-electron chi connectivity index (χ4n) is 1.02. The zero-order chi connectivity index (χ0) is 8.77. The molecule has 1 aromatic rings. The van der Waals surface area contributed by atoms with E-state index in [-0.39, 0.29) is 5.82 Å². The Balaban J connectivity index is 2.71. The van der Waals surface area contributed by atoms with Crippen LogP contribution in [0.4, 0.5) is 4.39 Å². The van der Waals surface area contributed by atoms with E-state index < -0.39 is 9.73 Å². The molecular weight excluding hydrogens is 197 g/mol. The first-order valence-corrected chi connectivity index (χ1v) is 5.97. The maximum absolute atomic E-state index is 12.7. The second-order valence-corrected chi connectivity index (χ2v) is 5.82. The van der Waals surface area contributed by atoms with Crippen LogP contribution in [0.2, 0.25) is 0 Å². The third-order valence-electron chi connectivity index (χ3n) is 1.59. The van der Waals surface area contributed by atoms with E-state index in [0.29, 0.717) is 9.79 Å². The van der Waals surface area contributed by atoms with Crippen LogP contribution in [0.1, 0.15) is 0 Å². The van der Waals surface area contributed by atoms with E-state index in [1.54, 1.807) is 6.26 Å². The molecule has 0 bridgehead atoms. The van der Waals surface area contributed by atoms with E-state index in [1.807, 2.05) is 0 Å². The van der Waals surface area contributed by atoms with Crippen LogP contribution in [0.15, 0.2) is 31.8 Å². The Morgan fingerprint density at radius 1 is 1.58 bits per heavy atom. The SMILES string of the molecule is CS1(=O)=NSc2cc(F)ccc21. The molecule has 0 aliphatic carbocycles. The Morgan fingerprint density at radius 2 is 2.33 bits per heavy atom. The third-order valence-corrected chi connectivity index (χ3v) is 4.86. The fourth-order valence-corrected chi connectivity index (χ4v) is 3.88. The van der Waals surface area contributed by atoms with Crippen LogP contribution in [-0.4, -0.2) is 10.5 Å². The summed E-state index contributed by atoms with van der Waals surface area (Å²) in [6, 6.07) is 4.21. The Morgan fingerprint density at radius 3 is 3.08 bits per heavy atom. The average molecular weight is 203 g/mol. The van der Waals surface area contributed by atoms with Crippen LogP contribution < -0.4 is 0 Å². The monoisotopic (exact) mass is 203 g/mol. The van der Waals surface area contributed by atoms with Gasteiger partial charge in [-0.05, 0) is 18.2 Å². The Labute approximate surface area is 74.5 Å². The van der Waals surface area contributed by atoms with Crippen molar-refractivity contribution in [2.24, 2.45) is 3.77 Å². The summed E-state index contributed by atoms with van der Waals surface area (Å²) in [4.78, 5) is 1.32. The van der Waals surface area contributed by atoms with Crippen molar-refractivity contribution in [3.63, 3.8) is 0 Å². The van der Waals surface area contributed by atoms with Gasteiger partial charge in [0.15, 0.2) is 0 Å². The van der Waals surface area contributed by atoms with Gasteiger partial charge in [-0.25, -0.2) is 8.60 Å². The molecule has 1 aromatic carbocycles. The van der Waals surface area contributed by atoms with Crippen LogP contribution in [0.5, 0.6) is 0 Å². The lowest BCUT2D eigenvalue weighted by atomic mass is 10.3. The predicted octanol–water partition coefficient (Wildman–Crippen LogP) is 2.30. The van der Waals surface area contributed by atoms with Crippen molar-refractivity contribution in [3.8, 4) is 0 Å². The fraction of sp³-hybridized carbons (Fsp3) is 0.143. The normalized spacial score (nSPS) is 26.5. The Kier molecular flexibility index (Phi) is 1.66. The number of rotatable bonds is 0. The van der Waals surface area contributed by atoms with Gasteiger partial charge in [-0.3, -0.25) is 0 Å². The maximum atomic E-state index is 12.7. The molecule has 0 saturated heterocycles. The number of hydrogen-bond acceptors (Lipinski definition) is 3. The quantitative estimate of drug-likeness (QED) is 0.605. The minimum absolute atomic E-state index is 0.312. The number of benzene rings is 1. The molecule has 0 amide bonds. The molecule has 1 unspecified atom stereocenters. The average Bonchev–Trinajstić information content (AvgIpc) is 2.27. The van der Waals surface area contributed by atoms with Gasteiger partial charge in [0.2, 0.25) is 0 Å². The first kappa shape index (κ1) is 8.07. The van der Waals surface area contributed by atoms with Gasteiger partial charge in [0.25, 0.3) is 0 Å². The number of nitrogens with zero attached hydrogens (tertiary/aromatic N) is 1. The third kappa shape index (κ3) is 1.13. The van der Waals surface area contributed by atoms with Crippen molar-refractivity contribution in [3.05, 3.63) is 24.0 Å². The molecule has 0 radical (unpaired) electrons. The second-order valence-electron chi connectivity index (χ2n) is 2.56. The number of halogens is 1. The summed E-state index contributed by atoms with van der Waals surface area (Å²) in [6.07, 6.45) is 1.56. The Hall–Kier alpha value is -0.550. The summed E-state index contributed by atoms with van der Waals surface area (Å²) in [5, 5.41) is 0. The second kappa shape index (κ2) is 2.47. The van der Waals surface area contributed by atoms with Crippen LogP contribution >= 0.6 is 11.9 Å². The van der Waals surface area contributed by atoms with Gasteiger partial charge >= 0.3 is 0 Å². The van der Waals surface area contributed by atoms with Crippen molar-refractivity contribution < 1.29 is 8.60 Å². The molecule has 0 N–H and O–H groups in total. The van der Waals surface area contributed by atoms with Crippen LogP contribution in [-0.2, 0) is 9.73 Å². The molecule has 0 saturated carbocycles. The van der Waals surface area contributed by atoms with Crippen molar-refractivity contribution >= 4 is 21.7 Å². The lowest BCUT2D eigenvalue weighted by molar-refractivity contribution is 0.621. The molecule has 1 heterocycles.